The van der Waals surface area contributed by atoms with Crippen molar-refractivity contribution in [1.29, 1.82) is 0 Å². The maximum atomic E-state index is 13.7. The first-order valence-corrected chi connectivity index (χ1v) is 9.21. The molecule has 0 aliphatic rings. The molecular formula is C15H14FN3O2S2. The number of thiophene rings is 1. The fraction of sp³-hybridized carbons (Fsp3) is 0.133. The Morgan fingerprint density at radius 2 is 2.04 bits per heavy atom. The third-order valence-corrected chi connectivity index (χ3v) is 5.74. The van der Waals surface area contributed by atoms with Gasteiger partial charge in [0.15, 0.2) is 0 Å². The van der Waals surface area contributed by atoms with Crippen LogP contribution in [0.3, 0.4) is 0 Å². The van der Waals surface area contributed by atoms with Crippen LogP contribution >= 0.6 is 11.3 Å². The van der Waals surface area contributed by atoms with E-state index in [4.69, 9.17) is 0 Å². The molecule has 0 saturated heterocycles. The number of rotatable bonds is 6. The minimum absolute atomic E-state index is 0.0822. The van der Waals surface area contributed by atoms with Crippen molar-refractivity contribution in [1.82, 2.24) is 14.5 Å². The molecule has 0 amide bonds. The van der Waals surface area contributed by atoms with E-state index >= 15 is 0 Å². The van der Waals surface area contributed by atoms with Crippen molar-refractivity contribution in [2.45, 2.75) is 10.9 Å². The smallest absolute Gasteiger partial charge is 0.243 e. The Morgan fingerprint density at radius 3 is 2.70 bits per heavy atom. The van der Waals surface area contributed by atoms with Gasteiger partial charge in [-0.1, -0.05) is 18.2 Å². The van der Waals surface area contributed by atoms with E-state index in [1.807, 2.05) is 17.5 Å². The maximum Gasteiger partial charge on any atom is 0.243 e. The highest BCUT2D eigenvalue weighted by Gasteiger charge is 2.22. The molecule has 0 aliphatic carbocycles. The minimum atomic E-state index is -3.93. The zero-order valence-electron chi connectivity index (χ0n) is 12.0. The normalized spacial score (nSPS) is 13.1. The van der Waals surface area contributed by atoms with Crippen molar-refractivity contribution < 1.29 is 12.8 Å². The molecule has 1 atom stereocenters. The highest BCUT2D eigenvalue weighted by atomic mass is 32.2. The molecule has 1 aromatic carbocycles. The fourth-order valence-electron chi connectivity index (χ4n) is 2.20. The molecule has 0 fully saturated rings. The van der Waals surface area contributed by atoms with Crippen LogP contribution in [0.2, 0.25) is 0 Å². The zero-order valence-corrected chi connectivity index (χ0v) is 13.6. The summed E-state index contributed by atoms with van der Waals surface area (Å²) in [5.74, 6) is -0.772. The molecule has 23 heavy (non-hydrogen) atoms. The summed E-state index contributed by atoms with van der Waals surface area (Å²) in [5.41, 5.74) is 0. The van der Waals surface area contributed by atoms with Crippen molar-refractivity contribution in [2.24, 2.45) is 0 Å². The predicted octanol–water partition coefficient (Wildman–Crippen LogP) is 2.65. The van der Waals surface area contributed by atoms with Crippen molar-refractivity contribution in [3.8, 4) is 0 Å². The molecule has 0 saturated carbocycles. The van der Waals surface area contributed by atoms with E-state index in [1.165, 1.54) is 29.5 Å². The molecule has 1 N–H and O–H groups in total. The second kappa shape index (κ2) is 6.61. The van der Waals surface area contributed by atoms with E-state index in [0.717, 1.165) is 10.9 Å². The molecule has 0 aliphatic heterocycles. The summed E-state index contributed by atoms with van der Waals surface area (Å²) >= 11 is 1.51. The molecule has 3 aromatic rings. The molecule has 2 heterocycles. The summed E-state index contributed by atoms with van der Waals surface area (Å²) in [5, 5.41) is 6.09. The molecule has 0 spiro atoms. The van der Waals surface area contributed by atoms with Crippen LogP contribution in [0.1, 0.15) is 10.9 Å². The van der Waals surface area contributed by atoms with E-state index in [0.29, 0.717) is 0 Å². The molecular weight excluding hydrogens is 337 g/mol. The SMILES string of the molecule is O=S(=O)(NCC(c1cccs1)n1cccn1)c1ccccc1F. The molecule has 0 bridgehead atoms. The Morgan fingerprint density at radius 1 is 1.22 bits per heavy atom. The van der Waals surface area contributed by atoms with Gasteiger partial charge in [0.1, 0.15) is 10.7 Å². The predicted molar refractivity (Wildman–Crippen MR) is 86.3 cm³/mol. The minimum Gasteiger partial charge on any atom is -0.263 e. The van der Waals surface area contributed by atoms with Gasteiger partial charge in [-0.15, -0.1) is 11.3 Å². The van der Waals surface area contributed by atoms with Gasteiger partial charge in [-0.2, -0.15) is 5.10 Å². The number of halogens is 1. The summed E-state index contributed by atoms with van der Waals surface area (Å²) in [7, 11) is -3.93. The molecule has 120 valence electrons. The standard InChI is InChI=1S/C15H14FN3O2S2/c16-12-5-1-2-7-15(12)23(20,21)18-11-13(14-6-3-10-22-14)19-9-4-8-17-19/h1-10,13,18H,11H2. The van der Waals surface area contributed by atoms with Crippen LogP contribution in [0.5, 0.6) is 0 Å². The molecule has 8 heteroatoms. The topological polar surface area (TPSA) is 64.0 Å². The molecule has 2 aromatic heterocycles. The largest absolute Gasteiger partial charge is 0.263 e. The van der Waals surface area contributed by atoms with Gasteiger partial charge < -0.3 is 0 Å². The summed E-state index contributed by atoms with van der Waals surface area (Å²) < 4.78 is 42.5. The van der Waals surface area contributed by atoms with Gasteiger partial charge in [0.05, 0.1) is 6.04 Å². The number of hydrogen-bond acceptors (Lipinski definition) is 4. The monoisotopic (exact) mass is 351 g/mol. The van der Waals surface area contributed by atoms with Crippen LogP contribution < -0.4 is 4.72 Å². The van der Waals surface area contributed by atoms with Gasteiger partial charge in [0.25, 0.3) is 0 Å². The number of aromatic nitrogens is 2. The van der Waals surface area contributed by atoms with Gasteiger partial charge in [-0.3, -0.25) is 4.68 Å². The lowest BCUT2D eigenvalue weighted by Gasteiger charge is -2.17. The lowest BCUT2D eigenvalue weighted by molar-refractivity contribution is 0.507. The average molecular weight is 351 g/mol. The average Bonchev–Trinajstić information content (AvgIpc) is 3.21. The van der Waals surface area contributed by atoms with E-state index in [2.05, 4.69) is 9.82 Å². The Hall–Kier alpha value is -2.03. The van der Waals surface area contributed by atoms with Gasteiger partial charge in [-0.25, -0.2) is 17.5 Å². The highest BCUT2D eigenvalue weighted by molar-refractivity contribution is 7.89. The van der Waals surface area contributed by atoms with Crippen LogP contribution in [0.15, 0.2) is 65.1 Å². The number of sulfonamides is 1. The summed E-state index contributed by atoms with van der Waals surface area (Å²) in [6.45, 7) is 0.0822. The lowest BCUT2D eigenvalue weighted by atomic mass is 10.2. The number of nitrogens with one attached hydrogen (secondary N) is 1. The second-order valence-electron chi connectivity index (χ2n) is 4.80. The van der Waals surface area contributed by atoms with E-state index in [-0.39, 0.29) is 17.5 Å². The Labute approximate surface area is 137 Å². The third kappa shape index (κ3) is 3.49. The first kappa shape index (κ1) is 15.9. The van der Waals surface area contributed by atoms with Crippen molar-refractivity contribution in [3.63, 3.8) is 0 Å². The maximum absolute atomic E-state index is 13.7. The fourth-order valence-corrected chi connectivity index (χ4v) is 4.13. The first-order valence-electron chi connectivity index (χ1n) is 6.84. The van der Waals surface area contributed by atoms with Crippen LogP contribution in [0.25, 0.3) is 0 Å². The number of benzene rings is 1. The van der Waals surface area contributed by atoms with Crippen LogP contribution in [-0.2, 0) is 10.0 Å². The summed E-state index contributed by atoms with van der Waals surface area (Å²) in [6, 6.07) is 10.6. The first-order chi connectivity index (χ1) is 11.1. The quantitative estimate of drug-likeness (QED) is 0.743. The van der Waals surface area contributed by atoms with E-state index in [1.54, 1.807) is 23.1 Å². The van der Waals surface area contributed by atoms with E-state index < -0.39 is 15.8 Å². The van der Waals surface area contributed by atoms with E-state index in [9.17, 15) is 12.8 Å². The Kier molecular flexibility index (Phi) is 4.56. The molecule has 5 nitrogen and oxygen atoms in total. The van der Waals surface area contributed by atoms with Crippen LogP contribution in [0.4, 0.5) is 4.39 Å². The molecule has 3 rings (SSSR count). The van der Waals surface area contributed by atoms with Gasteiger partial charge in [-0.05, 0) is 29.6 Å². The second-order valence-corrected chi connectivity index (χ2v) is 7.51. The van der Waals surface area contributed by atoms with Crippen molar-refractivity contribution in [2.75, 3.05) is 6.54 Å². The molecule has 1 unspecified atom stereocenters. The summed E-state index contributed by atoms with van der Waals surface area (Å²) in [6.07, 6.45) is 3.40. The van der Waals surface area contributed by atoms with Crippen LogP contribution in [-0.4, -0.2) is 24.7 Å². The Bertz CT molecular complexity index is 828. The van der Waals surface area contributed by atoms with Gasteiger partial charge >= 0.3 is 0 Å². The van der Waals surface area contributed by atoms with Gasteiger partial charge in [0.2, 0.25) is 10.0 Å². The lowest BCUT2D eigenvalue weighted by Crippen LogP contribution is -2.31. The van der Waals surface area contributed by atoms with Gasteiger partial charge in [0, 0.05) is 23.8 Å². The van der Waals surface area contributed by atoms with Crippen molar-refractivity contribution in [3.05, 3.63) is 70.9 Å². The highest BCUT2D eigenvalue weighted by Crippen LogP contribution is 2.23. The summed E-state index contributed by atoms with van der Waals surface area (Å²) in [4.78, 5) is 0.607. The third-order valence-electron chi connectivity index (χ3n) is 3.31. The zero-order chi connectivity index (χ0) is 16.3. The number of hydrogen-bond donors (Lipinski definition) is 1. The molecule has 0 radical (unpaired) electrons. The van der Waals surface area contributed by atoms with Crippen molar-refractivity contribution >= 4 is 21.4 Å². The van der Waals surface area contributed by atoms with Crippen LogP contribution in [0, 0.1) is 5.82 Å². The Balaban J connectivity index is 1.84. The number of nitrogens with zero attached hydrogens (tertiary/aromatic N) is 2.